The Kier molecular flexibility index (Phi) is 3.75. The Labute approximate surface area is 111 Å². The highest BCUT2D eigenvalue weighted by molar-refractivity contribution is 5.94. The summed E-state index contributed by atoms with van der Waals surface area (Å²) in [6, 6.07) is 9.61. The molecule has 0 aliphatic heterocycles. The fourth-order valence-corrected chi connectivity index (χ4v) is 1.69. The molecule has 0 unspecified atom stereocenters. The summed E-state index contributed by atoms with van der Waals surface area (Å²) < 4.78 is 4.73. The van der Waals surface area contributed by atoms with Gasteiger partial charge in [0.05, 0.1) is 7.11 Å². The summed E-state index contributed by atoms with van der Waals surface area (Å²) in [7, 11) is 4.99. The molecule has 0 spiro atoms. The molecule has 0 aliphatic carbocycles. The minimum absolute atomic E-state index is 0.354. The summed E-state index contributed by atoms with van der Waals surface area (Å²) in [5.41, 5.74) is 1.26. The van der Waals surface area contributed by atoms with E-state index in [1.165, 1.54) is 13.3 Å². The second-order valence-electron chi connectivity index (χ2n) is 4.18. The normalized spacial score (nSPS) is 10.1. The van der Waals surface area contributed by atoms with Crippen molar-refractivity contribution in [1.29, 1.82) is 0 Å². The quantitative estimate of drug-likeness (QED) is 0.787. The summed E-state index contributed by atoms with van der Waals surface area (Å²) in [5, 5.41) is 0. The van der Waals surface area contributed by atoms with Crippen LogP contribution in [-0.4, -0.2) is 37.1 Å². The zero-order chi connectivity index (χ0) is 13.8. The summed E-state index contributed by atoms with van der Waals surface area (Å²) in [6.45, 7) is 0. The first kappa shape index (κ1) is 13.0. The highest BCUT2D eigenvalue weighted by Crippen LogP contribution is 2.21. The number of methoxy groups -OCH3 is 1. The van der Waals surface area contributed by atoms with Crippen molar-refractivity contribution in [3.8, 4) is 11.4 Å². The van der Waals surface area contributed by atoms with Crippen LogP contribution in [0.5, 0.6) is 0 Å². The molecule has 0 atom stereocenters. The number of benzene rings is 1. The fraction of sp³-hybridized carbons (Fsp3) is 0.214. The van der Waals surface area contributed by atoms with Crippen LogP contribution >= 0.6 is 0 Å². The first-order valence-electron chi connectivity index (χ1n) is 5.81. The Hall–Kier alpha value is -2.43. The third-order valence-electron chi connectivity index (χ3n) is 2.63. The van der Waals surface area contributed by atoms with E-state index in [1.54, 1.807) is 4.90 Å². The predicted octanol–water partition coefficient (Wildman–Crippen LogP) is 2.00. The van der Waals surface area contributed by atoms with Crippen LogP contribution in [0.3, 0.4) is 0 Å². The smallest absolute Gasteiger partial charge is 0.343 e. The van der Waals surface area contributed by atoms with Gasteiger partial charge in [0.15, 0.2) is 5.82 Å². The van der Waals surface area contributed by atoms with Gasteiger partial charge in [-0.25, -0.2) is 14.8 Å². The van der Waals surface area contributed by atoms with E-state index in [2.05, 4.69) is 9.97 Å². The first-order chi connectivity index (χ1) is 9.13. The summed E-state index contributed by atoms with van der Waals surface area (Å²) in [4.78, 5) is 22.1. The summed E-state index contributed by atoms with van der Waals surface area (Å²) >= 11 is 0. The van der Waals surface area contributed by atoms with Gasteiger partial charge in [0.1, 0.15) is 11.4 Å². The van der Waals surface area contributed by atoms with Gasteiger partial charge < -0.3 is 9.64 Å². The van der Waals surface area contributed by atoms with Crippen LogP contribution in [-0.2, 0) is 4.74 Å². The summed E-state index contributed by atoms with van der Waals surface area (Å²) in [5.74, 6) is 0.681. The number of ether oxygens (including phenoxy) is 1. The monoisotopic (exact) mass is 257 g/mol. The molecule has 98 valence electrons. The lowest BCUT2D eigenvalue weighted by Crippen LogP contribution is -2.17. The van der Waals surface area contributed by atoms with E-state index < -0.39 is 5.97 Å². The third kappa shape index (κ3) is 2.70. The van der Waals surface area contributed by atoms with Gasteiger partial charge in [0, 0.05) is 25.9 Å². The van der Waals surface area contributed by atoms with E-state index in [0.717, 1.165) is 5.56 Å². The molecule has 0 amide bonds. The van der Waals surface area contributed by atoms with Gasteiger partial charge in [-0.2, -0.15) is 0 Å². The molecule has 0 N–H and O–H groups in total. The molecule has 0 bridgehead atoms. The average molecular weight is 257 g/mol. The molecule has 0 aliphatic rings. The van der Waals surface area contributed by atoms with Gasteiger partial charge >= 0.3 is 5.97 Å². The standard InChI is InChI=1S/C14H15N3O2/c1-17(2)13-11(14(18)19-3)9-15-12(16-13)10-7-5-4-6-8-10/h4-9H,1-3H3. The Bertz CT molecular complexity index is 582. The van der Waals surface area contributed by atoms with Crippen LogP contribution in [0.1, 0.15) is 10.4 Å². The van der Waals surface area contributed by atoms with Crippen LogP contribution in [0.25, 0.3) is 11.4 Å². The van der Waals surface area contributed by atoms with Crippen molar-refractivity contribution in [3.05, 3.63) is 42.1 Å². The Balaban J connectivity index is 2.51. The highest BCUT2D eigenvalue weighted by atomic mass is 16.5. The number of esters is 1. The van der Waals surface area contributed by atoms with Crippen LogP contribution in [0.4, 0.5) is 5.82 Å². The molecule has 5 heteroatoms. The molecule has 2 rings (SSSR count). The number of rotatable bonds is 3. The number of hydrogen-bond donors (Lipinski definition) is 0. The van der Waals surface area contributed by atoms with Gasteiger partial charge in [-0.3, -0.25) is 0 Å². The minimum Gasteiger partial charge on any atom is -0.465 e. The van der Waals surface area contributed by atoms with Crippen molar-refractivity contribution in [1.82, 2.24) is 9.97 Å². The molecule has 0 saturated heterocycles. The fourth-order valence-electron chi connectivity index (χ4n) is 1.69. The van der Waals surface area contributed by atoms with Crippen LogP contribution in [0.2, 0.25) is 0 Å². The van der Waals surface area contributed by atoms with Gasteiger partial charge in [-0.15, -0.1) is 0 Å². The molecule has 2 aromatic rings. The number of carbonyl (C=O) groups excluding carboxylic acids is 1. The number of hydrogen-bond acceptors (Lipinski definition) is 5. The minimum atomic E-state index is -0.441. The van der Waals surface area contributed by atoms with E-state index in [9.17, 15) is 4.79 Å². The molecule has 0 fully saturated rings. The van der Waals surface area contributed by atoms with Crippen molar-refractivity contribution < 1.29 is 9.53 Å². The molecular formula is C14H15N3O2. The molecule has 19 heavy (non-hydrogen) atoms. The van der Waals surface area contributed by atoms with Crippen molar-refractivity contribution in [3.63, 3.8) is 0 Å². The third-order valence-corrected chi connectivity index (χ3v) is 2.63. The topological polar surface area (TPSA) is 55.3 Å². The second kappa shape index (κ2) is 5.48. The van der Waals surface area contributed by atoms with Crippen LogP contribution < -0.4 is 4.90 Å². The molecule has 1 heterocycles. The van der Waals surface area contributed by atoms with E-state index in [0.29, 0.717) is 17.2 Å². The Morgan fingerprint density at radius 2 is 1.89 bits per heavy atom. The van der Waals surface area contributed by atoms with Crippen molar-refractivity contribution >= 4 is 11.8 Å². The predicted molar refractivity (Wildman–Crippen MR) is 73.1 cm³/mol. The molecular weight excluding hydrogens is 242 g/mol. The van der Waals surface area contributed by atoms with E-state index in [1.807, 2.05) is 44.4 Å². The molecule has 5 nitrogen and oxygen atoms in total. The van der Waals surface area contributed by atoms with Gasteiger partial charge in [0.2, 0.25) is 0 Å². The molecule has 1 aromatic heterocycles. The average Bonchev–Trinajstić information content (AvgIpc) is 2.46. The number of aromatic nitrogens is 2. The van der Waals surface area contributed by atoms with Gasteiger partial charge in [-0.05, 0) is 0 Å². The second-order valence-corrected chi connectivity index (χ2v) is 4.18. The van der Waals surface area contributed by atoms with Gasteiger partial charge in [0.25, 0.3) is 0 Å². The molecule has 0 saturated carbocycles. The van der Waals surface area contributed by atoms with Crippen LogP contribution in [0, 0.1) is 0 Å². The zero-order valence-electron chi connectivity index (χ0n) is 11.1. The SMILES string of the molecule is COC(=O)c1cnc(-c2ccccc2)nc1N(C)C. The van der Waals surface area contributed by atoms with Crippen molar-refractivity contribution in [2.75, 3.05) is 26.1 Å². The molecule has 0 radical (unpaired) electrons. The Morgan fingerprint density at radius 1 is 1.21 bits per heavy atom. The zero-order valence-corrected chi connectivity index (χ0v) is 11.1. The van der Waals surface area contributed by atoms with E-state index in [-0.39, 0.29) is 0 Å². The largest absolute Gasteiger partial charge is 0.465 e. The van der Waals surface area contributed by atoms with Crippen molar-refractivity contribution in [2.45, 2.75) is 0 Å². The van der Waals surface area contributed by atoms with E-state index in [4.69, 9.17) is 4.74 Å². The van der Waals surface area contributed by atoms with Crippen molar-refractivity contribution in [2.24, 2.45) is 0 Å². The number of carbonyl (C=O) groups is 1. The number of anilines is 1. The van der Waals surface area contributed by atoms with Crippen LogP contribution in [0.15, 0.2) is 36.5 Å². The first-order valence-corrected chi connectivity index (χ1v) is 5.81. The highest BCUT2D eigenvalue weighted by Gasteiger charge is 2.17. The lowest BCUT2D eigenvalue weighted by Gasteiger charge is -2.15. The Morgan fingerprint density at radius 3 is 2.47 bits per heavy atom. The summed E-state index contributed by atoms with van der Waals surface area (Å²) in [6.07, 6.45) is 1.50. The maximum Gasteiger partial charge on any atom is 0.343 e. The maximum atomic E-state index is 11.7. The van der Waals surface area contributed by atoms with Gasteiger partial charge in [-0.1, -0.05) is 30.3 Å². The lowest BCUT2D eigenvalue weighted by molar-refractivity contribution is 0.0600. The maximum absolute atomic E-state index is 11.7. The van der Waals surface area contributed by atoms with E-state index >= 15 is 0 Å². The molecule has 1 aromatic carbocycles. The number of nitrogens with zero attached hydrogens (tertiary/aromatic N) is 3. The lowest BCUT2D eigenvalue weighted by atomic mass is 10.2.